The Morgan fingerprint density at radius 1 is 1.17 bits per heavy atom. The number of rotatable bonds is 2. The normalized spacial score (nSPS) is 29.7. The summed E-state index contributed by atoms with van der Waals surface area (Å²) >= 11 is 0. The van der Waals surface area contributed by atoms with E-state index in [4.69, 9.17) is 4.74 Å². The summed E-state index contributed by atoms with van der Waals surface area (Å²) in [5.74, 6) is 0.701. The first-order chi connectivity index (χ1) is 8.84. The molecule has 2 fully saturated rings. The average molecular weight is 250 g/mol. The third-order valence-electron chi connectivity index (χ3n) is 3.61. The molecule has 3 heterocycles. The lowest BCUT2D eigenvalue weighted by Gasteiger charge is -2.33. The van der Waals surface area contributed by atoms with Crippen molar-refractivity contribution in [2.75, 3.05) is 44.3 Å². The molecule has 6 heteroatoms. The van der Waals surface area contributed by atoms with Crippen LogP contribution in [0.1, 0.15) is 0 Å². The fourth-order valence-corrected chi connectivity index (χ4v) is 2.66. The number of nitrogens with zero attached hydrogens (tertiary/aromatic N) is 4. The molecule has 0 aromatic carbocycles. The molecule has 2 aliphatic heterocycles. The molecule has 6 nitrogen and oxygen atoms in total. The van der Waals surface area contributed by atoms with Crippen molar-refractivity contribution in [1.82, 2.24) is 14.9 Å². The van der Waals surface area contributed by atoms with Gasteiger partial charge in [0.2, 0.25) is 5.95 Å². The van der Waals surface area contributed by atoms with Crippen molar-refractivity contribution >= 4 is 5.95 Å². The maximum atomic E-state index is 10.2. The van der Waals surface area contributed by atoms with E-state index >= 15 is 0 Å². The van der Waals surface area contributed by atoms with Crippen molar-refractivity contribution < 1.29 is 9.84 Å². The lowest BCUT2D eigenvalue weighted by molar-refractivity contribution is -0.00588. The van der Waals surface area contributed by atoms with Crippen molar-refractivity contribution in [3.05, 3.63) is 18.5 Å². The zero-order valence-electron chi connectivity index (χ0n) is 10.3. The predicted molar refractivity (Wildman–Crippen MR) is 66.4 cm³/mol. The molecule has 98 valence electrons. The molecule has 0 bridgehead atoms. The maximum Gasteiger partial charge on any atom is 0.225 e. The van der Waals surface area contributed by atoms with Crippen LogP contribution in [0.25, 0.3) is 0 Å². The Hall–Kier alpha value is -1.24. The van der Waals surface area contributed by atoms with Crippen LogP contribution in [-0.2, 0) is 4.74 Å². The largest absolute Gasteiger partial charge is 0.390 e. The Morgan fingerprint density at radius 3 is 2.61 bits per heavy atom. The molecule has 1 aromatic heterocycles. The van der Waals surface area contributed by atoms with Crippen molar-refractivity contribution in [2.24, 2.45) is 0 Å². The number of anilines is 1. The molecule has 2 atom stereocenters. The molecule has 18 heavy (non-hydrogen) atoms. The highest BCUT2D eigenvalue weighted by Crippen LogP contribution is 2.20. The van der Waals surface area contributed by atoms with Gasteiger partial charge in [-0.2, -0.15) is 0 Å². The second-order valence-corrected chi connectivity index (χ2v) is 4.74. The van der Waals surface area contributed by atoms with Gasteiger partial charge in [-0.05, 0) is 6.07 Å². The first-order valence-corrected chi connectivity index (χ1v) is 6.36. The Bertz CT molecular complexity index is 383. The smallest absolute Gasteiger partial charge is 0.225 e. The number of aliphatic hydroxyl groups excluding tert-OH is 1. The minimum atomic E-state index is -0.341. The van der Waals surface area contributed by atoms with Gasteiger partial charge in [0.05, 0.1) is 25.4 Å². The summed E-state index contributed by atoms with van der Waals surface area (Å²) < 4.78 is 5.34. The van der Waals surface area contributed by atoms with Crippen LogP contribution in [-0.4, -0.2) is 71.5 Å². The topological polar surface area (TPSA) is 61.7 Å². The number of morpholine rings is 1. The van der Waals surface area contributed by atoms with E-state index in [1.54, 1.807) is 18.5 Å². The van der Waals surface area contributed by atoms with Crippen LogP contribution in [0.3, 0.4) is 0 Å². The van der Waals surface area contributed by atoms with Crippen LogP contribution in [0, 0.1) is 0 Å². The molecule has 0 unspecified atom stereocenters. The molecular weight excluding hydrogens is 232 g/mol. The Balaban J connectivity index is 1.68. The number of aliphatic hydroxyl groups is 1. The summed E-state index contributed by atoms with van der Waals surface area (Å²) in [5, 5.41) is 10.2. The van der Waals surface area contributed by atoms with Gasteiger partial charge in [0, 0.05) is 38.6 Å². The molecule has 0 saturated carbocycles. The van der Waals surface area contributed by atoms with Crippen molar-refractivity contribution in [1.29, 1.82) is 0 Å². The minimum absolute atomic E-state index is 0.165. The number of hydrogen-bond donors (Lipinski definition) is 1. The van der Waals surface area contributed by atoms with Crippen LogP contribution in [0.5, 0.6) is 0 Å². The molecule has 0 amide bonds. The fraction of sp³-hybridized carbons (Fsp3) is 0.667. The zero-order valence-corrected chi connectivity index (χ0v) is 10.3. The molecule has 0 spiro atoms. The van der Waals surface area contributed by atoms with E-state index in [0.29, 0.717) is 12.5 Å². The monoisotopic (exact) mass is 250 g/mol. The fourth-order valence-electron chi connectivity index (χ4n) is 2.66. The van der Waals surface area contributed by atoms with E-state index in [2.05, 4.69) is 14.9 Å². The van der Waals surface area contributed by atoms with Crippen LogP contribution < -0.4 is 4.90 Å². The van der Waals surface area contributed by atoms with Gasteiger partial charge in [0.1, 0.15) is 0 Å². The Kier molecular flexibility index (Phi) is 3.40. The number of ether oxygens (including phenoxy) is 1. The minimum Gasteiger partial charge on any atom is -0.390 e. The van der Waals surface area contributed by atoms with E-state index < -0.39 is 0 Å². The predicted octanol–water partition coefficient (Wildman–Crippen LogP) is -0.642. The lowest BCUT2D eigenvalue weighted by Crippen LogP contribution is -2.48. The van der Waals surface area contributed by atoms with E-state index in [-0.39, 0.29) is 12.1 Å². The van der Waals surface area contributed by atoms with Gasteiger partial charge in [0.15, 0.2) is 0 Å². The van der Waals surface area contributed by atoms with Crippen molar-refractivity contribution in [3.8, 4) is 0 Å². The van der Waals surface area contributed by atoms with Gasteiger partial charge in [-0.3, -0.25) is 4.90 Å². The Morgan fingerprint density at radius 2 is 1.89 bits per heavy atom. The molecular formula is C12H18N4O2. The highest BCUT2D eigenvalue weighted by Gasteiger charge is 2.36. The van der Waals surface area contributed by atoms with E-state index in [1.165, 1.54) is 0 Å². The van der Waals surface area contributed by atoms with Gasteiger partial charge < -0.3 is 14.7 Å². The van der Waals surface area contributed by atoms with E-state index in [9.17, 15) is 5.11 Å². The Labute approximate surface area is 106 Å². The summed E-state index contributed by atoms with van der Waals surface area (Å²) in [7, 11) is 0. The number of aromatic nitrogens is 2. The van der Waals surface area contributed by atoms with Gasteiger partial charge >= 0.3 is 0 Å². The van der Waals surface area contributed by atoms with E-state index in [0.717, 1.165) is 32.8 Å². The first kappa shape index (κ1) is 11.8. The van der Waals surface area contributed by atoms with E-state index in [1.807, 2.05) is 4.90 Å². The van der Waals surface area contributed by atoms with Crippen molar-refractivity contribution in [2.45, 2.75) is 12.1 Å². The summed E-state index contributed by atoms with van der Waals surface area (Å²) in [4.78, 5) is 12.8. The second-order valence-electron chi connectivity index (χ2n) is 4.74. The zero-order chi connectivity index (χ0) is 12.4. The SMILES string of the molecule is O[C@H]1CN(c2ncccn2)C[C@@H]1N1CCOCC1. The molecule has 1 N–H and O–H groups in total. The summed E-state index contributed by atoms with van der Waals surface area (Å²) in [5.41, 5.74) is 0. The first-order valence-electron chi connectivity index (χ1n) is 6.36. The maximum absolute atomic E-state index is 10.2. The summed E-state index contributed by atoms with van der Waals surface area (Å²) in [6.45, 7) is 4.68. The highest BCUT2D eigenvalue weighted by molar-refractivity contribution is 5.32. The summed E-state index contributed by atoms with van der Waals surface area (Å²) in [6.07, 6.45) is 3.12. The molecule has 0 radical (unpaired) electrons. The van der Waals surface area contributed by atoms with Crippen molar-refractivity contribution in [3.63, 3.8) is 0 Å². The van der Waals surface area contributed by atoms with Gasteiger partial charge in [-0.15, -0.1) is 0 Å². The van der Waals surface area contributed by atoms with Crippen LogP contribution in [0.2, 0.25) is 0 Å². The molecule has 2 aliphatic rings. The quantitative estimate of drug-likeness (QED) is 0.753. The van der Waals surface area contributed by atoms with Crippen LogP contribution in [0.15, 0.2) is 18.5 Å². The van der Waals surface area contributed by atoms with Gasteiger partial charge in [-0.1, -0.05) is 0 Å². The third kappa shape index (κ3) is 2.31. The van der Waals surface area contributed by atoms with Gasteiger partial charge in [-0.25, -0.2) is 9.97 Å². The highest BCUT2D eigenvalue weighted by atomic mass is 16.5. The number of β-amino-alcohol motifs (C(OH)–C–C–N with tert-alkyl or cyclic N) is 1. The average Bonchev–Trinajstić information content (AvgIpc) is 2.83. The summed E-state index contributed by atoms with van der Waals surface area (Å²) in [6, 6.07) is 1.97. The molecule has 3 rings (SSSR count). The third-order valence-corrected chi connectivity index (χ3v) is 3.61. The standard InChI is InChI=1S/C12H18N4O2/c17-11-9-16(12-13-2-1-3-14-12)8-10(11)15-4-6-18-7-5-15/h1-3,10-11,17H,4-9H2/t10-,11-/m0/s1. The molecule has 0 aliphatic carbocycles. The van der Waals surface area contributed by atoms with Crippen LogP contribution in [0.4, 0.5) is 5.95 Å². The molecule has 2 saturated heterocycles. The number of hydrogen-bond acceptors (Lipinski definition) is 6. The van der Waals surface area contributed by atoms with Gasteiger partial charge in [0.25, 0.3) is 0 Å². The second kappa shape index (κ2) is 5.17. The molecule has 1 aromatic rings. The van der Waals surface area contributed by atoms with Crippen LogP contribution >= 0.6 is 0 Å². The lowest BCUT2D eigenvalue weighted by atomic mass is 10.2.